The second-order valence-corrected chi connectivity index (χ2v) is 3.85. The van der Waals surface area contributed by atoms with Crippen molar-refractivity contribution in [3.8, 4) is 0 Å². The van der Waals surface area contributed by atoms with Gasteiger partial charge in [0.15, 0.2) is 5.78 Å². The summed E-state index contributed by atoms with van der Waals surface area (Å²) in [6, 6.07) is 9.51. The predicted molar refractivity (Wildman–Crippen MR) is 66.3 cm³/mol. The van der Waals surface area contributed by atoms with E-state index in [-0.39, 0.29) is 5.78 Å². The van der Waals surface area contributed by atoms with E-state index in [4.69, 9.17) is 0 Å². The Morgan fingerprint density at radius 3 is 2.35 bits per heavy atom. The van der Waals surface area contributed by atoms with Gasteiger partial charge in [0.25, 0.3) is 0 Å². The predicted octanol–water partition coefficient (Wildman–Crippen LogP) is 2.47. The first-order valence-electron chi connectivity index (χ1n) is 5.41. The van der Waals surface area contributed by atoms with Gasteiger partial charge in [0, 0.05) is 0 Å². The Morgan fingerprint density at radius 1 is 1.24 bits per heavy atom. The molecule has 0 spiro atoms. The highest BCUT2D eigenvalue weighted by Crippen LogP contribution is 2.12. The van der Waals surface area contributed by atoms with Gasteiger partial charge in [-0.1, -0.05) is 30.3 Å². The fourth-order valence-electron chi connectivity index (χ4n) is 1.50. The Morgan fingerprint density at radius 2 is 1.82 bits per heavy atom. The van der Waals surface area contributed by atoms with Crippen molar-refractivity contribution in [2.75, 3.05) is 7.11 Å². The summed E-state index contributed by atoms with van der Waals surface area (Å²) in [4.78, 5) is 23.1. The van der Waals surface area contributed by atoms with Gasteiger partial charge in [-0.25, -0.2) is 0 Å². The minimum Gasteiger partial charge on any atom is -0.468 e. The molecule has 0 N–H and O–H groups in total. The first kappa shape index (κ1) is 13.2. The van der Waals surface area contributed by atoms with Crippen LogP contribution in [0.4, 0.5) is 0 Å². The summed E-state index contributed by atoms with van der Waals surface area (Å²) in [5.74, 6) is -1.46. The molecule has 1 aromatic rings. The number of carbonyl (C=O) groups is 2. The highest BCUT2D eigenvalue weighted by atomic mass is 16.5. The monoisotopic (exact) mass is 232 g/mol. The Balaban J connectivity index is 2.83. The summed E-state index contributed by atoms with van der Waals surface area (Å²) in [6.07, 6.45) is 1.77. The van der Waals surface area contributed by atoms with Crippen molar-refractivity contribution < 1.29 is 14.3 Å². The van der Waals surface area contributed by atoms with Gasteiger partial charge in [-0.3, -0.25) is 9.59 Å². The van der Waals surface area contributed by atoms with E-state index in [0.29, 0.717) is 5.57 Å². The minimum atomic E-state index is -0.750. The fourth-order valence-corrected chi connectivity index (χ4v) is 1.50. The maximum absolute atomic E-state index is 11.9. The zero-order valence-electron chi connectivity index (χ0n) is 10.3. The van der Waals surface area contributed by atoms with Crippen LogP contribution in [-0.2, 0) is 14.3 Å². The van der Waals surface area contributed by atoms with Crippen molar-refractivity contribution in [2.45, 2.75) is 13.8 Å². The van der Waals surface area contributed by atoms with Gasteiger partial charge in [0.1, 0.15) is 5.92 Å². The lowest BCUT2D eigenvalue weighted by Crippen LogP contribution is -2.22. The average Bonchev–Trinajstić information content (AvgIpc) is 2.37. The number of Topliss-reactive ketones (excluding diaryl/α,β-unsaturated/α-hetero) is 1. The van der Waals surface area contributed by atoms with Crippen LogP contribution >= 0.6 is 0 Å². The molecule has 1 unspecified atom stereocenters. The lowest BCUT2D eigenvalue weighted by Gasteiger charge is -2.08. The number of ketones is 1. The quantitative estimate of drug-likeness (QED) is 0.455. The molecule has 0 aliphatic heterocycles. The van der Waals surface area contributed by atoms with Crippen molar-refractivity contribution in [3.63, 3.8) is 0 Å². The molecule has 1 atom stereocenters. The van der Waals surface area contributed by atoms with Crippen LogP contribution in [0.3, 0.4) is 0 Å². The van der Waals surface area contributed by atoms with E-state index in [2.05, 4.69) is 4.74 Å². The summed E-state index contributed by atoms with van der Waals surface area (Å²) in [5.41, 5.74) is 1.49. The average molecular weight is 232 g/mol. The summed E-state index contributed by atoms with van der Waals surface area (Å²) >= 11 is 0. The molecule has 0 radical (unpaired) electrons. The van der Waals surface area contributed by atoms with Gasteiger partial charge in [-0.2, -0.15) is 0 Å². The van der Waals surface area contributed by atoms with Crippen LogP contribution in [0.5, 0.6) is 0 Å². The third-order valence-corrected chi connectivity index (χ3v) is 2.52. The molecule has 0 aromatic heterocycles. The SMILES string of the molecule is COC(=O)C(C)C(=O)C(C)=Cc1ccccc1. The lowest BCUT2D eigenvalue weighted by molar-refractivity contribution is -0.147. The molecule has 1 aromatic carbocycles. The molecule has 0 aliphatic carbocycles. The van der Waals surface area contributed by atoms with Gasteiger partial charge < -0.3 is 4.74 Å². The molecule has 0 amide bonds. The first-order valence-corrected chi connectivity index (χ1v) is 5.41. The normalized spacial score (nSPS) is 13.0. The molecule has 3 heteroatoms. The third kappa shape index (κ3) is 3.55. The Labute approximate surface area is 101 Å². The fraction of sp³-hybridized carbons (Fsp3) is 0.286. The minimum absolute atomic E-state index is 0.208. The van der Waals surface area contributed by atoms with E-state index in [9.17, 15) is 9.59 Å². The Kier molecular flexibility index (Phi) is 4.64. The van der Waals surface area contributed by atoms with Crippen LogP contribution in [0, 0.1) is 5.92 Å². The van der Waals surface area contributed by atoms with Gasteiger partial charge in [-0.05, 0) is 31.1 Å². The van der Waals surface area contributed by atoms with Crippen LogP contribution in [0.1, 0.15) is 19.4 Å². The summed E-state index contributed by atoms with van der Waals surface area (Å²) in [7, 11) is 1.28. The summed E-state index contributed by atoms with van der Waals surface area (Å²) in [6.45, 7) is 3.26. The van der Waals surface area contributed by atoms with E-state index < -0.39 is 11.9 Å². The first-order chi connectivity index (χ1) is 8.06. The topological polar surface area (TPSA) is 43.4 Å². The highest BCUT2D eigenvalue weighted by molar-refractivity contribution is 6.09. The molecule has 0 saturated carbocycles. The molecule has 3 nitrogen and oxygen atoms in total. The number of carbonyl (C=O) groups excluding carboxylic acids is 2. The number of ether oxygens (including phenoxy) is 1. The molecule has 0 bridgehead atoms. The molecule has 0 aliphatic rings. The van der Waals surface area contributed by atoms with Gasteiger partial charge in [0.05, 0.1) is 7.11 Å². The number of hydrogen-bond acceptors (Lipinski definition) is 3. The molecular formula is C14H16O3. The number of hydrogen-bond donors (Lipinski definition) is 0. The molecule has 1 rings (SSSR count). The molecule has 90 valence electrons. The van der Waals surface area contributed by atoms with Gasteiger partial charge >= 0.3 is 5.97 Å². The molecule has 17 heavy (non-hydrogen) atoms. The lowest BCUT2D eigenvalue weighted by atomic mass is 9.99. The van der Waals surface area contributed by atoms with Crippen molar-refractivity contribution in [2.24, 2.45) is 5.92 Å². The van der Waals surface area contributed by atoms with Crippen LogP contribution < -0.4 is 0 Å². The second-order valence-electron chi connectivity index (χ2n) is 3.85. The van der Waals surface area contributed by atoms with E-state index in [0.717, 1.165) is 5.56 Å². The van der Waals surface area contributed by atoms with E-state index >= 15 is 0 Å². The molecular weight excluding hydrogens is 216 g/mol. The Bertz CT molecular complexity index is 432. The summed E-state index contributed by atoms with van der Waals surface area (Å²) < 4.78 is 4.55. The van der Waals surface area contributed by atoms with Crippen molar-refractivity contribution in [1.82, 2.24) is 0 Å². The van der Waals surface area contributed by atoms with Crippen LogP contribution in [0.25, 0.3) is 6.08 Å². The zero-order chi connectivity index (χ0) is 12.8. The number of rotatable bonds is 4. The second kappa shape index (κ2) is 5.99. The van der Waals surface area contributed by atoms with Crippen LogP contribution in [-0.4, -0.2) is 18.9 Å². The smallest absolute Gasteiger partial charge is 0.316 e. The van der Waals surface area contributed by atoms with E-state index in [1.165, 1.54) is 7.11 Å². The van der Waals surface area contributed by atoms with Crippen molar-refractivity contribution in [3.05, 3.63) is 41.5 Å². The van der Waals surface area contributed by atoms with Crippen LogP contribution in [0.2, 0.25) is 0 Å². The molecule has 0 saturated heterocycles. The van der Waals surface area contributed by atoms with E-state index in [1.54, 1.807) is 19.9 Å². The highest BCUT2D eigenvalue weighted by Gasteiger charge is 2.22. The van der Waals surface area contributed by atoms with Gasteiger partial charge in [0.2, 0.25) is 0 Å². The largest absolute Gasteiger partial charge is 0.468 e. The molecule has 0 heterocycles. The standard InChI is InChI=1S/C14H16O3/c1-10(9-12-7-5-4-6-8-12)13(15)11(2)14(16)17-3/h4-9,11H,1-3H3. The van der Waals surface area contributed by atoms with E-state index in [1.807, 2.05) is 30.3 Å². The Hall–Kier alpha value is -1.90. The van der Waals surface area contributed by atoms with Crippen molar-refractivity contribution >= 4 is 17.8 Å². The number of benzene rings is 1. The number of esters is 1. The summed E-state index contributed by atoms with van der Waals surface area (Å²) in [5, 5.41) is 0. The number of methoxy groups -OCH3 is 1. The van der Waals surface area contributed by atoms with Gasteiger partial charge in [-0.15, -0.1) is 0 Å². The van der Waals surface area contributed by atoms with Crippen LogP contribution in [0.15, 0.2) is 35.9 Å². The van der Waals surface area contributed by atoms with Crippen molar-refractivity contribution in [1.29, 1.82) is 0 Å². The maximum atomic E-state index is 11.9. The third-order valence-electron chi connectivity index (χ3n) is 2.52. The number of allylic oxidation sites excluding steroid dienone is 1. The maximum Gasteiger partial charge on any atom is 0.316 e. The zero-order valence-corrected chi connectivity index (χ0v) is 10.3. The molecule has 0 fully saturated rings.